The van der Waals surface area contributed by atoms with Gasteiger partial charge < -0.3 is 24.5 Å². The molecule has 1 atom stereocenters. The van der Waals surface area contributed by atoms with Crippen LogP contribution in [0.25, 0.3) is 10.2 Å². The van der Waals surface area contributed by atoms with E-state index in [2.05, 4.69) is 5.32 Å². The Bertz CT molecular complexity index is 1370. The molecule has 0 radical (unpaired) electrons. The molecule has 0 aliphatic heterocycles. The highest BCUT2D eigenvalue weighted by molar-refractivity contribution is 7.18. The van der Waals surface area contributed by atoms with E-state index in [0.717, 1.165) is 20.8 Å². The van der Waals surface area contributed by atoms with Crippen LogP contribution in [0.4, 0.5) is 0 Å². The van der Waals surface area contributed by atoms with Gasteiger partial charge in [0, 0.05) is 36.3 Å². The number of halogens is 1. The van der Waals surface area contributed by atoms with Crippen LogP contribution in [-0.4, -0.2) is 35.9 Å². The van der Waals surface area contributed by atoms with Crippen LogP contribution in [0.15, 0.2) is 71.7 Å². The number of ether oxygens (including phenoxy) is 2. The Kier molecular flexibility index (Phi) is 8.90. The minimum Gasteiger partial charge on any atom is -0.386 e. The van der Waals surface area contributed by atoms with E-state index >= 15 is 0 Å². The maximum atomic E-state index is 13.2. The maximum absolute atomic E-state index is 13.2. The number of fused-ring (bicyclic) bond motifs is 1. The average molecular weight is 527 g/mol. The van der Waals surface area contributed by atoms with E-state index in [1.54, 1.807) is 31.5 Å². The van der Waals surface area contributed by atoms with E-state index in [1.165, 1.54) is 11.3 Å². The molecule has 0 saturated carbocycles. The van der Waals surface area contributed by atoms with Crippen LogP contribution >= 0.6 is 22.9 Å². The number of thiophene rings is 1. The first-order valence-corrected chi connectivity index (χ1v) is 12.6. The van der Waals surface area contributed by atoms with E-state index < -0.39 is 12.0 Å². The van der Waals surface area contributed by atoms with Crippen LogP contribution in [0, 0.1) is 0 Å². The summed E-state index contributed by atoms with van der Waals surface area (Å²) < 4.78 is 12.8. The number of hydrogen-bond acceptors (Lipinski definition) is 6. The fourth-order valence-corrected chi connectivity index (χ4v) is 4.95. The van der Waals surface area contributed by atoms with Crippen molar-refractivity contribution in [3.63, 3.8) is 0 Å². The zero-order valence-electron chi connectivity index (χ0n) is 19.8. The molecule has 0 saturated heterocycles. The van der Waals surface area contributed by atoms with Gasteiger partial charge in [-0.3, -0.25) is 9.59 Å². The van der Waals surface area contributed by atoms with E-state index in [4.69, 9.17) is 21.1 Å². The lowest BCUT2D eigenvalue weighted by Gasteiger charge is -2.11. The van der Waals surface area contributed by atoms with Crippen molar-refractivity contribution in [2.24, 2.45) is 0 Å². The van der Waals surface area contributed by atoms with Crippen molar-refractivity contribution >= 4 is 39.1 Å². The van der Waals surface area contributed by atoms with Crippen molar-refractivity contribution in [2.45, 2.75) is 25.8 Å². The Morgan fingerprint density at radius 1 is 1.17 bits per heavy atom. The van der Waals surface area contributed by atoms with Gasteiger partial charge in [0.15, 0.2) is 0 Å². The lowest BCUT2D eigenvalue weighted by Crippen LogP contribution is -2.29. The first kappa shape index (κ1) is 26.1. The number of hydrogen-bond donors (Lipinski definition) is 2. The van der Waals surface area contributed by atoms with Gasteiger partial charge in [-0.15, -0.1) is 11.3 Å². The van der Waals surface area contributed by atoms with Gasteiger partial charge in [0.2, 0.25) is 5.43 Å². The van der Waals surface area contributed by atoms with E-state index in [1.807, 2.05) is 47.0 Å². The summed E-state index contributed by atoms with van der Waals surface area (Å²) in [6.45, 7) is 1.56. The Morgan fingerprint density at radius 3 is 2.64 bits per heavy atom. The third-order valence-corrected chi connectivity index (χ3v) is 7.05. The molecule has 0 aliphatic rings. The van der Waals surface area contributed by atoms with Crippen molar-refractivity contribution in [2.75, 3.05) is 20.3 Å². The molecule has 0 spiro atoms. The van der Waals surface area contributed by atoms with Crippen LogP contribution in [-0.2, 0) is 29.2 Å². The van der Waals surface area contributed by atoms with E-state index in [9.17, 15) is 14.7 Å². The molecule has 1 amide bonds. The molecule has 2 N–H and O–H groups in total. The third kappa shape index (κ3) is 6.40. The molecule has 2 aromatic carbocycles. The standard InChI is InChI=1S/C27H27ClN2O5S/c1-34-12-11-30-15-23(26(33)29-14-18-7-9-20(28)10-8-18)25(32)22-13-21(36-27(22)30)16-35-17-24(31)19-5-3-2-4-6-19/h2-10,13,15,24,31H,11-12,14,16-17H2,1H3,(H,29,33). The molecule has 1 unspecified atom stereocenters. The molecule has 36 heavy (non-hydrogen) atoms. The molecule has 7 nitrogen and oxygen atoms in total. The highest BCUT2D eigenvalue weighted by atomic mass is 35.5. The van der Waals surface area contributed by atoms with Gasteiger partial charge >= 0.3 is 0 Å². The van der Waals surface area contributed by atoms with Gasteiger partial charge in [0.1, 0.15) is 16.5 Å². The predicted octanol–water partition coefficient (Wildman–Crippen LogP) is 4.54. The second-order valence-electron chi connectivity index (χ2n) is 8.24. The number of aliphatic hydroxyl groups excluding tert-OH is 1. The highest BCUT2D eigenvalue weighted by Gasteiger charge is 2.18. The Labute approximate surface area is 217 Å². The molecule has 0 fully saturated rings. The summed E-state index contributed by atoms with van der Waals surface area (Å²) in [6.07, 6.45) is 0.847. The maximum Gasteiger partial charge on any atom is 0.257 e. The minimum atomic E-state index is -0.738. The molecule has 0 bridgehead atoms. The zero-order valence-corrected chi connectivity index (χ0v) is 21.3. The van der Waals surface area contributed by atoms with Gasteiger partial charge in [-0.2, -0.15) is 0 Å². The van der Waals surface area contributed by atoms with Crippen LogP contribution < -0.4 is 10.7 Å². The topological polar surface area (TPSA) is 89.8 Å². The minimum absolute atomic E-state index is 0.0670. The first-order chi connectivity index (χ1) is 17.5. The summed E-state index contributed by atoms with van der Waals surface area (Å²) in [5, 5.41) is 14.2. The predicted molar refractivity (Wildman–Crippen MR) is 142 cm³/mol. The summed E-state index contributed by atoms with van der Waals surface area (Å²) in [4.78, 5) is 27.7. The van der Waals surface area contributed by atoms with E-state index in [0.29, 0.717) is 23.6 Å². The lowest BCUT2D eigenvalue weighted by molar-refractivity contribution is 0.0287. The van der Waals surface area contributed by atoms with Crippen molar-refractivity contribution in [3.8, 4) is 0 Å². The Morgan fingerprint density at radius 2 is 1.92 bits per heavy atom. The van der Waals surface area contributed by atoms with Crippen LogP contribution in [0.3, 0.4) is 0 Å². The fraction of sp³-hybridized carbons (Fsp3) is 0.259. The quantitative estimate of drug-likeness (QED) is 0.299. The smallest absolute Gasteiger partial charge is 0.257 e. The number of carbonyl (C=O) groups is 1. The average Bonchev–Trinajstić information content (AvgIpc) is 3.33. The second kappa shape index (κ2) is 12.3. The van der Waals surface area contributed by atoms with Gasteiger partial charge in [0.05, 0.1) is 25.2 Å². The molecule has 0 aliphatic carbocycles. The first-order valence-electron chi connectivity index (χ1n) is 11.4. The molecular formula is C27H27ClN2O5S. The normalized spacial score (nSPS) is 12.1. The molecule has 2 heterocycles. The Balaban J connectivity index is 1.52. The van der Waals surface area contributed by atoms with Crippen LogP contribution in [0.2, 0.25) is 5.02 Å². The van der Waals surface area contributed by atoms with Gasteiger partial charge in [-0.25, -0.2) is 0 Å². The van der Waals surface area contributed by atoms with Crippen molar-refractivity contribution in [3.05, 3.63) is 104 Å². The Hall–Kier alpha value is -3.01. The third-order valence-electron chi connectivity index (χ3n) is 5.65. The number of aromatic nitrogens is 1. The SMILES string of the molecule is COCCn1cc(C(=O)NCc2ccc(Cl)cc2)c(=O)c2cc(COCC(O)c3ccccc3)sc21. The number of rotatable bonds is 11. The van der Waals surface area contributed by atoms with Gasteiger partial charge in [-0.1, -0.05) is 54.1 Å². The number of nitrogens with one attached hydrogen (secondary N) is 1. The summed E-state index contributed by atoms with van der Waals surface area (Å²) in [5.74, 6) is -0.446. The van der Waals surface area contributed by atoms with Crippen LogP contribution in [0.1, 0.15) is 32.5 Å². The van der Waals surface area contributed by atoms with Crippen molar-refractivity contribution < 1.29 is 19.4 Å². The summed E-state index contributed by atoms with van der Waals surface area (Å²) in [5.41, 5.74) is 1.39. The zero-order chi connectivity index (χ0) is 25.5. The molecule has 2 aromatic heterocycles. The van der Waals surface area contributed by atoms with Crippen molar-refractivity contribution in [1.82, 2.24) is 9.88 Å². The lowest BCUT2D eigenvalue weighted by atomic mass is 10.1. The second-order valence-corrected chi connectivity index (χ2v) is 9.79. The largest absolute Gasteiger partial charge is 0.386 e. The summed E-state index contributed by atoms with van der Waals surface area (Å²) in [6, 6.07) is 18.2. The molecular weight excluding hydrogens is 500 g/mol. The van der Waals surface area contributed by atoms with Crippen molar-refractivity contribution in [1.29, 1.82) is 0 Å². The number of benzene rings is 2. The van der Waals surface area contributed by atoms with E-state index in [-0.39, 0.29) is 30.8 Å². The number of carbonyl (C=O) groups excluding carboxylic acids is 1. The molecule has 188 valence electrons. The molecule has 4 rings (SSSR count). The molecule has 9 heteroatoms. The highest BCUT2D eigenvalue weighted by Crippen LogP contribution is 2.25. The monoisotopic (exact) mass is 526 g/mol. The fourth-order valence-electron chi connectivity index (χ4n) is 3.74. The number of nitrogens with zero attached hydrogens (tertiary/aromatic N) is 1. The number of pyridine rings is 1. The van der Waals surface area contributed by atoms with Gasteiger partial charge in [0.25, 0.3) is 5.91 Å². The number of amides is 1. The summed E-state index contributed by atoms with van der Waals surface area (Å²) >= 11 is 7.35. The summed E-state index contributed by atoms with van der Waals surface area (Å²) in [7, 11) is 1.60. The number of aliphatic hydroxyl groups is 1. The molecule has 4 aromatic rings. The van der Waals surface area contributed by atoms with Crippen LogP contribution in [0.5, 0.6) is 0 Å². The number of methoxy groups -OCH3 is 1. The van der Waals surface area contributed by atoms with Gasteiger partial charge in [-0.05, 0) is 29.3 Å².